The van der Waals surface area contributed by atoms with E-state index >= 15 is 0 Å². The van der Waals surface area contributed by atoms with Gasteiger partial charge in [0.15, 0.2) is 0 Å². The molecule has 0 fully saturated rings. The SMILES string of the molecule is CC#N.CC#N.CC1(C)c2ccccc2Cc2ccccc21.[C-]#[N+]C.c1ccc2c(c1)Cc1ccccc1-2.c1ccc2c(c1)Cc1ccccc1-2.c1ccc2c(c1)Cc1ccccc1O2.c1ccc2c(c1)Cc1ccccc1S2.c1ccc2c(c1)Cc1ccccc1[Se]2.c1ccc2c(c1)Cc1cccnc1-2.c1ccc2c(c1)Cc1ccncc1-2.c1ccc2c(c1)Cc1cnccc1-2.c1ccc2c(c1)Cc1ncccc1-2. The molecular formula is C135H111N7OSSe. The maximum atomic E-state index is 7.32. The Morgan fingerprint density at radius 3 is 1.01 bits per heavy atom. The van der Waals surface area contributed by atoms with E-state index in [4.69, 9.17) is 21.8 Å². The molecule has 0 radical (unpaired) electrons. The van der Waals surface area contributed by atoms with Crippen LogP contribution in [0.3, 0.4) is 0 Å². The summed E-state index contributed by atoms with van der Waals surface area (Å²) in [6.07, 6.45) is 22.0. The Labute approximate surface area is 864 Å². The topological polar surface area (TPSA) is 113 Å². The van der Waals surface area contributed by atoms with E-state index < -0.39 is 0 Å². The molecule has 7 heterocycles. The van der Waals surface area contributed by atoms with Crippen LogP contribution in [-0.4, -0.2) is 41.9 Å². The third-order valence-corrected chi connectivity index (χ3v) is 30.9. The molecule has 4 aromatic heterocycles. The normalized spacial score (nSPS) is 12.3. The molecule has 145 heavy (non-hydrogen) atoms. The molecule has 30 rings (SSSR count). The van der Waals surface area contributed by atoms with Crippen LogP contribution >= 0.6 is 11.8 Å². The zero-order valence-electron chi connectivity index (χ0n) is 82.3. The Hall–Kier alpha value is -16.7. The van der Waals surface area contributed by atoms with Crippen LogP contribution in [0.25, 0.3) is 71.7 Å². The van der Waals surface area contributed by atoms with Crippen molar-refractivity contribution in [1.29, 1.82) is 10.5 Å². The maximum Gasteiger partial charge on any atom is 0.0740 e. The molecule has 10 aliphatic rings. The zero-order chi connectivity index (χ0) is 99.5. The van der Waals surface area contributed by atoms with Gasteiger partial charge in [0.1, 0.15) is 11.5 Å². The Bertz CT molecular complexity index is 6590. The van der Waals surface area contributed by atoms with Crippen LogP contribution in [-0.2, 0) is 69.6 Å². The molecule has 0 bridgehead atoms. The second kappa shape index (κ2) is 48.2. The third-order valence-electron chi connectivity index (χ3n) is 27.1. The molecule has 3 aliphatic heterocycles. The average molecular weight is 1960 g/mol. The summed E-state index contributed by atoms with van der Waals surface area (Å²) in [6.45, 7) is 13.3. The van der Waals surface area contributed by atoms with Crippen LogP contribution in [0.15, 0.2) is 472 Å². The first-order valence-electron chi connectivity index (χ1n) is 49.4. The number of fused-ring (bicyclic) bond motifs is 26. The van der Waals surface area contributed by atoms with Gasteiger partial charge in [-0.3, -0.25) is 19.9 Å². The fourth-order valence-electron chi connectivity index (χ4n) is 20.4. The largest absolute Gasteiger partial charge is 0.264 e. The van der Waals surface area contributed by atoms with Crippen molar-refractivity contribution in [1.82, 2.24) is 19.9 Å². The quantitative estimate of drug-likeness (QED) is 0.109. The number of pyridine rings is 4. The van der Waals surface area contributed by atoms with Crippen molar-refractivity contribution in [2.24, 2.45) is 0 Å². The molecule has 0 unspecified atom stereocenters. The van der Waals surface area contributed by atoms with E-state index in [1.807, 2.05) is 85.3 Å². The van der Waals surface area contributed by atoms with E-state index in [2.05, 4.69) is 427 Å². The Kier molecular flexibility index (Phi) is 32.7. The summed E-state index contributed by atoms with van der Waals surface area (Å²) < 4.78 is 8.89. The Morgan fingerprint density at radius 2 is 0.545 bits per heavy atom. The van der Waals surface area contributed by atoms with E-state index in [0.717, 1.165) is 81.4 Å². The summed E-state index contributed by atoms with van der Waals surface area (Å²) in [5, 5.41) is 14.6. The smallest absolute Gasteiger partial charge is 0.0740 e. The summed E-state index contributed by atoms with van der Waals surface area (Å²) in [4.78, 5) is 22.6. The standard InChI is InChI=1S/C16H16.C13H10O.C13H10S.C13H10Se.2C13H10.4C12H9N.3C2H3N/c1-16(2)14-9-5-3-7-12(14)11-13-8-4-6-10-15(13)16;3*1-3-7-12-10(5-1)9-11-6-2-4-8-13(11)14-12;2*1-3-7-12-10(5-1)9-11-6-2-4-8-13(11)12;1-2-6-11-9(4-1)8-10-5-3-7-13-12(10)11;1-2-5-10-9(4-1)8-12-11(10)6-3-7-13-12;1-2-4-11-9(3-1)7-10-8-13-6-5-12(10)11;1-2-4-11-9(3-1)7-10-5-6-13-8-12(10)11;1-3-2;2*1-2-3/h3-10H,11H2,1-2H3;3*1-8H,9H2;2*1-8H,9H2;2*1-7H,8H2;2*1-6,8H,7H2;3*1H3. The van der Waals surface area contributed by atoms with Gasteiger partial charge in [0.25, 0.3) is 0 Å². The van der Waals surface area contributed by atoms with Gasteiger partial charge in [-0.15, -0.1) is 0 Å². The number of aromatic nitrogens is 4. The van der Waals surface area contributed by atoms with Gasteiger partial charge in [-0.2, -0.15) is 10.5 Å². The summed E-state index contributed by atoms with van der Waals surface area (Å²) in [5.41, 5.74) is 47.5. The first-order valence-corrected chi connectivity index (χ1v) is 51.9. The fourth-order valence-corrected chi connectivity index (χ4v) is 23.7. The van der Waals surface area contributed by atoms with Crippen molar-refractivity contribution < 1.29 is 4.74 Å². The maximum absolute atomic E-state index is 7.32. The van der Waals surface area contributed by atoms with Crippen molar-refractivity contribution in [2.75, 3.05) is 7.05 Å². The van der Waals surface area contributed by atoms with Crippen molar-refractivity contribution in [3.63, 3.8) is 0 Å². The van der Waals surface area contributed by atoms with Gasteiger partial charge in [-0.05, 0) is 231 Å². The molecule has 20 aromatic rings. The second-order valence-corrected chi connectivity index (χ2v) is 40.0. The van der Waals surface area contributed by atoms with Crippen LogP contribution in [0.4, 0.5) is 0 Å². The minimum atomic E-state index is 0.144. The molecule has 0 saturated heterocycles. The van der Waals surface area contributed by atoms with Gasteiger partial charge in [-0.1, -0.05) is 353 Å². The van der Waals surface area contributed by atoms with Gasteiger partial charge in [-0.25, -0.2) is 6.57 Å². The van der Waals surface area contributed by atoms with E-state index in [1.54, 1.807) is 21.1 Å². The van der Waals surface area contributed by atoms with Crippen LogP contribution in [0.5, 0.6) is 11.5 Å². The first kappa shape index (κ1) is 98.4. The van der Waals surface area contributed by atoms with Crippen molar-refractivity contribution in [3.05, 3.63) is 596 Å². The molecule has 10 heteroatoms. The van der Waals surface area contributed by atoms with Gasteiger partial charge in [0.05, 0.1) is 23.5 Å². The van der Waals surface area contributed by atoms with Crippen molar-refractivity contribution in [2.45, 2.75) is 107 Å². The minimum Gasteiger partial charge on any atom is -0.264 e. The average Bonchev–Trinajstić information content (AvgIpc) is 1.20. The van der Waals surface area contributed by atoms with E-state index in [1.165, 1.54) is 214 Å². The summed E-state index contributed by atoms with van der Waals surface area (Å²) in [7, 11) is 1.42. The number of nitrogens with zero attached hydrogens (tertiary/aromatic N) is 7. The van der Waals surface area contributed by atoms with Gasteiger partial charge >= 0.3 is 90.0 Å². The van der Waals surface area contributed by atoms with Crippen LogP contribution in [0.1, 0.15) is 150 Å². The van der Waals surface area contributed by atoms with Crippen molar-refractivity contribution in [3.8, 4) is 90.5 Å². The molecular weight excluding hydrogens is 1850 g/mol. The first-order chi connectivity index (χ1) is 71.4. The van der Waals surface area contributed by atoms with Crippen LogP contribution in [0.2, 0.25) is 0 Å². The van der Waals surface area contributed by atoms with Gasteiger partial charge in [0.2, 0.25) is 7.05 Å². The molecule has 7 aliphatic carbocycles. The van der Waals surface area contributed by atoms with E-state index in [0.29, 0.717) is 15.0 Å². The van der Waals surface area contributed by atoms with Crippen LogP contribution < -0.4 is 13.7 Å². The Morgan fingerprint density at radius 1 is 0.269 bits per heavy atom. The van der Waals surface area contributed by atoms with E-state index in [-0.39, 0.29) is 5.41 Å². The number of ether oxygens (including phenoxy) is 1. The van der Waals surface area contributed by atoms with Crippen LogP contribution in [0, 0.1) is 29.2 Å². The van der Waals surface area contributed by atoms with Gasteiger partial charge < -0.3 is 9.58 Å². The van der Waals surface area contributed by atoms with E-state index in [9.17, 15) is 0 Å². The summed E-state index contributed by atoms with van der Waals surface area (Å²) in [5.74, 6) is 1.98. The number of benzene rings is 16. The monoisotopic (exact) mass is 1960 g/mol. The molecule has 0 atom stereocenters. The number of para-hydroxylation sites is 2. The summed E-state index contributed by atoms with van der Waals surface area (Å²) in [6, 6.07) is 154. The molecule has 0 saturated carbocycles. The minimum absolute atomic E-state index is 0.144. The van der Waals surface area contributed by atoms with Gasteiger partial charge in [0, 0.05) is 109 Å². The summed E-state index contributed by atoms with van der Waals surface area (Å²) >= 11 is 2.40. The molecule has 0 N–H and O–H groups in total. The molecule has 704 valence electrons. The zero-order valence-corrected chi connectivity index (χ0v) is 84.8. The molecule has 8 nitrogen and oxygen atoms in total. The number of hydrogen-bond acceptors (Lipinski definition) is 8. The molecule has 0 amide bonds. The number of nitriles is 2. The second-order valence-electron chi connectivity index (χ2n) is 36.7. The molecule has 0 spiro atoms. The number of hydrogen-bond donors (Lipinski definition) is 0. The predicted octanol–water partition coefficient (Wildman–Crippen LogP) is 31.0. The fraction of sp³-hybridized carbons (Fsp3) is 0.119. The number of rotatable bonds is 0. The third kappa shape index (κ3) is 23.5. The molecule has 16 aromatic carbocycles. The Balaban J connectivity index is 0.000000105. The predicted molar refractivity (Wildman–Crippen MR) is 598 cm³/mol. The van der Waals surface area contributed by atoms with Crippen molar-refractivity contribution >= 4 is 35.6 Å².